The molecule has 0 saturated heterocycles. The molecule has 0 saturated carbocycles. The number of ether oxygens (including phenoxy) is 4. The number of benzene rings is 1. The summed E-state index contributed by atoms with van der Waals surface area (Å²) in [6.45, 7) is 3.80. The topological polar surface area (TPSA) is 88.1 Å². The molecule has 0 aromatic heterocycles. The SMILES string of the molecule is CCOC(=O)C1=C(C(C)=O)C=C(C=O)OC1CCOCc1ccc(OC)cc1. The van der Waals surface area contributed by atoms with Gasteiger partial charge in [0.05, 0.1) is 32.5 Å². The molecule has 7 nitrogen and oxygen atoms in total. The van der Waals surface area contributed by atoms with Gasteiger partial charge in [0, 0.05) is 12.0 Å². The Hall–Kier alpha value is -2.93. The van der Waals surface area contributed by atoms with Gasteiger partial charge in [0.15, 0.2) is 17.8 Å². The molecule has 150 valence electrons. The van der Waals surface area contributed by atoms with Crippen molar-refractivity contribution in [3.8, 4) is 5.75 Å². The highest BCUT2D eigenvalue weighted by Crippen LogP contribution is 2.27. The van der Waals surface area contributed by atoms with Crippen LogP contribution < -0.4 is 4.74 Å². The quantitative estimate of drug-likeness (QED) is 0.346. The highest BCUT2D eigenvalue weighted by molar-refractivity contribution is 6.06. The van der Waals surface area contributed by atoms with E-state index in [1.54, 1.807) is 14.0 Å². The van der Waals surface area contributed by atoms with Crippen LogP contribution in [0.2, 0.25) is 0 Å². The molecule has 1 atom stereocenters. The molecule has 0 amide bonds. The largest absolute Gasteiger partial charge is 0.497 e. The predicted molar refractivity (Wildman–Crippen MR) is 101 cm³/mol. The molecule has 0 aliphatic carbocycles. The van der Waals surface area contributed by atoms with Crippen LogP contribution in [0, 0.1) is 0 Å². The van der Waals surface area contributed by atoms with Crippen LogP contribution in [-0.2, 0) is 35.2 Å². The fraction of sp³-hybridized carbons (Fsp3) is 0.381. The van der Waals surface area contributed by atoms with Crippen molar-refractivity contribution in [2.45, 2.75) is 33.0 Å². The molecule has 7 heteroatoms. The molecule has 1 aromatic carbocycles. The molecule has 1 unspecified atom stereocenters. The second kappa shape index (κ2) is 10.4. The van der Waals surface area contributed by atoms with Crippen LogP contribution in [0.4, 0.5) is 0 Å². The summed E-state index contributed by atoms with van der Waals surface area (Å²) in [6.07, 6.45) is 1.28. The van der Waals surface area contributed by atoms with Gasteiger partial charge >= 0.3 is 5.97 Å². The first-order chi connectivity index (χ1) is 13.5. The van der Waals surface area contributed by atoms with Crippen molar-refractivity contribution in [3.63, 3.8) is 0 Å². The van der Waals surface area contributed by atoms with Gasteiger partial charge in [0.25, 0.3) is 0 Å². The molecular formula is C21H24O7. The highest BCUT2D eigenvalue weighted by Gasteiger charge is 2.32. The lowest BCUT2D eigenvalue weighted by molar-refractivity contribution is -0.140. The zero-order valence-electron chi connectivity index (χ0n) is 16.2. The molecule has 28 heavy (non-hydrogen) atoms. The minimum absolute atomic E-state index is 0.00148. The van der Waals surface area contributed by atoms with Crippen LogP contribution in [0.5, 0.6) is 5.75 Å². The number of carbonyl (C=O) groups is 3. The number of esters is 1. The molecule has 0 fully saturated rings. The Morgan fingerprint density at radius 3 is 2.50 bits per heavy atom. The van der Waals surface area contributed by atoms with E-state index in [4.69, 9.17) is 18.9 Å². The van der Waals surface area contributed by atoms with Gasteiger partial charge in [-0.1, -0.05) is 12.1 Å². The van der Waals surface area contributed by atoms with Crippen molar-refractivity contribution in [2.75, 3.05) is 20.3 Å². The van der Waals surface area contributed by atoms with Crippen molar-refractivity contribution in [3.05, 3.63) is 52.8 Å². The number of hydrogen-bond acceptors (Lipinski definition) is 7. The zero-order valence-corrected chi connectivity index (χ0v) is 16.2. The average Bonchev–Trinajstić information content (AvgIpc) is 2.71. The Bertz CT molecular complexity index is 774. The van der Waals surface area contributed by atoms with Gasteiger partial charge in [-0.05, 0) is 37.6 Å². The first kappa shape index (κ1) is 21.4. The van der Waals surface area contributed by atoms with E-state index in [0.29, 0.717) is 12.9 Å². The lowest BCUT2D eigenvalue weighted by Crippen LogP contribution is -2.30. The van der Waals surface area contributed by atoms with Crippen LogP contribution in [-0.4, -0.2) is 44.5 Å². The van der Waals surface area contributed by atoms with Gasteiger partial charge in [-0.3, -0.25) is 9.59 Å². The second-order valence-corrected chi connectivity index (χ2v) is 6.06. The van der Waals surface area contributed by atoms with Gasteiger partial charge in [-0.15, -0.1) is 0 Å². The van der Waals surface area contributed by atoms with E-state index in [9.17, 15) is 14.4 Å². The van der Waals surface area contributed by atoms with Gasteiger partial charge < -0.3 is 18.9 Å². The number of allylic oxidation sites excluding steroid dienone is 3. The summed E-state index contributed by atoms with van der Waals surface area (Å²) in [6, 6.07) is 7.46. The fourth-order valence-corrected chi connectivity index (χ4v) is 2.76. The molecular weight excluding hydrogens is 364 g/mol. The van der Waals surface area contributed by atoms with Crippen LogP contribution in [0.25, 0.3) is 0 Å². The Kier molecular flexibility index (Phi) is 7.95. The maximum atomic E-state index is 12.4. The summed E-state index contributed by atoms with van der Waals surface area (Å²) in [4.78, 5) is 35.5. The predicted octanol–water partition coefficient (Wildman–Crippen LogP) is 2.53. The third-order valence-electron chi connectivity index (χ3n) is 4.12. The van der Waals surface area contributed by atoms with Gasteiger partial charge in [-0.2, -0.15) is 0 Å². The Morgan fingerprint density at radius 1 is 1.21 bits per heavy atom. The molecule has 0 N–H and O–H groups in total. The molecule has 1 heterocycles. The number of ketones is 1. The van der Waals surface area contributed by atoms with Gasteiger partial charge in [0.2, 0.25) is 0 Å². The first-order valence-corrected chi connectivity index (χ1v) is 8.96. The Balaban J connectivity index is 2.06. The summed E-state index contributed by atoms with van der Waals surface area (Å²) >= 11 is 0. The van der Waals surface area contributed by atoms with Crippen molar-refractivity contribution >= 4 is 18.0 Å². The number of aldehydes is 1. The molecule has 1 aromatic rings. The monoisotopic (exact) mass is 388 g/mol. The van der Waals surface area contributed by atoms with Crippen LogP contribution in [0.15, 0.2) is 47.2 Å². The van der Waals surface area contributed by atoms with Crippen molar-refractivity contribution in [1.29, 1.82) is 0 Å². The van der Waals surface area contributed by atoms with Gasteiger partial charge in [-0.25, -0.2) is 4.79 Å². The summed E-state index contributed by atoms with van der Waals surface area (Å²) in [5.41, 5.74) is 1.21. The number of hydrogen-bond donors (Lipinski definition) is 0. The standard InChI is InChI=1S/C21H24O7/c1-4-27-21(24)20-18(14(2)23)11-17(12-22)28-19(20)9-10-26-13-15-5-7-16(25-3)8-6-15/h5-8,11-12,19H,4,9-10,13H2,1-3H3. The van der Waals surface area contributed by atoms with E-state index in [1.165, 1.54) is 13.0 Å². The third-order valence-corrected chi connectivity index (χ3v) is 4.12. The summed E-state index contributed by atoms with van der Waals surface area (Å²) in [7, 11) is 1.60. The average molecular weight is 388 g/mol. The fourth-order valence-electron chi connectivity index (χ4n) is 2.76. The first-order valence-electron chi connectivity index (χ1n) is 8.96. The maximum absolute atomic E-state index is 12.4. The molecule has 1 aliphatic heterocycles. The number of carbonyl (C=O) groups excluding carboxylic acids is 3. The van der Waals surface area contributed by atoms with E-state index in [0.717, 1.165) is 11.3 Å². The van der Waals surface area contributed by atoms with E-state index >= 15 is 0 Å². The lowest BCUT2D eigenvalue weighted by atomic mass is 9.95. The maximum Gasteiger partial charge on any atom is 0.338 e. The molecule has 0 radical (unpaired) electrons. The number of rotatable bonds is 10. The number of methoxy groups -OCH3 is 1. The Labute approximate surface area is 163 Å². The summed E-state index contributed by atoms with van der Waals surface area (Å²) < 4.78 is 21.4. The van der Waals surface area contributed by atoms with Gasteiger partial charge in [0.1, 0.15) is 11.9 Å². The Morgan fingerprint density at radius 2 is 1.93 bits per heavy atom. The van der Waals surface area contributed by atoms with E-state index in [2.05, 4.69) is 0 Å². The smallest absolute Gasteiger partial charge is 0.338 e. The van der Waals surface area contributed by atoms with E-state index < -0.39 is 12.1 Å². The summed E-state index contributed by atoms with van der Waals surface area (Å²) in [5.74, 6) is -0.212. The van der Waals surface area contributed by atoms with E-state index in [-0.39, 0.29) is 42.3 Å². The molecule has 0 spiro atoms. The molecule has 2 rings (SSSR count). The summed E-state index contributed by atoms with van der Waals surface area (Å²) in [5, 5.41) is 0. The van der Waals surface area contributed by atoms with Crippen molar-refractivity contribution < 1.29 is 33.3 Å². The minimum Gasteiger partial charge on any atom is -0.497 e. The molecule has 1 aliphatic rings. The normalized spacial score (nSPS) is 16.1. The van der Waals surface area contributed by atoms with Crippen LogP contribution in [0.1, 0.15) is 25.8 Å². The van der Waals surface area contributed by atoms with E-state index in [1.807, 2.05) is 24.3 Å². The third kappa shape index (κ3) is 5.53. The highest BCUT2D eigenvalue weighted by atomic mass is 16.5. The van der Waals surface area contributed by atoms with Crippen molar-refractivity contribution in [1.82, 2.24) is 0 Å². The molecule has 0 bridgehead atoms. The lowest BCUT2D eigenvalue weighted by Gasteiger charge is -2.26. The van der Waals surface area contributed by atoms with Crippen molar-refractivity contribution in [2.24, 2.45) is 0 Å². The zero-order chi connectivity index (χ0) is 20.5. The van der Waals surface area contributed by atoms with Crippen LogP contribution in [0.3, 0.4) is 0 Å². The minimum atomic E-state index is -0.793. The van der Waals surface area contributed by atoms with Crippen LogP contribution >= 0.6 is 0 Å². The second-order valence-electron chi connectivity index (χ2n) is 6.06. The number of Topliss-reactive ketones (excluding diaryl/α,β-unsaturated/α-hetero) is 1.